The number of nitrogens with zero attached hydrogens (tertiary/aromatic N) is 1. The molecule has 0 radical (unpaired) electrons. The Hall–Kier alpha value is -2.76. The SMILES string of the molecule is O=C1c2cccc(Cl)c2-c2csc(N3C(=O)c4ccccc4C3=O)c21. The average molecular weight is 366 g/mol. The number of imide groups is 1. The molecule has 3 aromatic rings. The van der Waals surface area contributed by atoms with Crippen molar-refractivity contribution in [3.8, 4) is 11.1 Å². The molecule has 4 nitrogen and oxygen atoms in total. The summed E-state index contributed by atoms with van der Waals surface area (Å²) >= 11 is 7.48. The van der Waals surface area contributed by atoms with Gasteiger partial charge in [0.05, 0.1) is 16.7 Å². The molecule has 0 spiro atoms. The smallest absolute Gasteiger partial charge is 0.266 e. The third kappa shape index (κ3) is 1.74. The number of rotatable bonds is 1. The number of hydrogen-bond acceptors (Lipinski definition) is 4. The molecule has 0 saturated heterocycles. The summed E-state index contributed by atoms with van der Waals surface area (Å²) in [4.78, 5) is 39.4. The van der Waals surface area contributed by atoms with Crippen molar-refractivity contribution < 1.29 is 14.4 Å². The molecule has 25 heavy (non-hydrogen) atoms. The molecule has 1 aliphatic carbocycles. The second-order valence-electron chi connectivity index (χ2n) is 5.81. The lowest BCUT2D eigenvalue weighted by Gasteiger charge is -2.12. The minimum atomic E-state index is -0.403. The molecule has 6 heteroatoms. The number of ketones is 1. The van der Waals surface area contributed by atoms with Gasteiger partial charge in [-0.05, 0) is 18.2 Å². The number of benzene rings is 2. The second-order valence-corrected chi connectivity index (χ2v) is 7.08. The molecule has 0 bridgehead atoms. The van der Waals surface area contributed by atoms with Crippen LogP contribution in [0.4, 0.5) is 5.00 Å². The van der Waals surface area contributed by atoms with Crippen LogP contribution in [0, 0.1) is 0 Å². The number of anilines is 1. The molecule has 0 atom stereocenters. The Labute approximate surface area is 151 Å². The van der Waals surface area contributed by atoms with Crippen LogP contribution in [0.3, 0.4) is 0 Å². The molecule has 0 saturated carbocycles. The van der Waals surface area contributed by atoms with Crippen molar-refractivity contribution in [3.63, 3.8) is 0 Å². The van der Waals surface area contributed by atoms with Crippen molar-refractivity contribution in [2.45, 2.75) is 0 Å². The van der Waals surface area contributed by atoms with Crippen molar-refractivity contribution in [2.24, 2.45) is 0 Å². The minimum Gasteiger partial charge on any atom is -0.288 e. The van der Waals surface area contributed by atoms with Gasteiger partial charge in [0.15, 0.2) is 5.78 Å². The van der Waals surface area contributed by atoms with E-state index in [-0.39, 0.29) is 5.78 Å². The van der Waals surface area contributed by atoms with Crippen LogP contribution in [0.2, 0.25) is 5.02 Å². The van der Waals surface area contributed by atoms with Crippen molar-refractivity contribution in [1.29, 1.82) is 0 Å². The van der Waals surface area contributed by atoms with Gasteiger partial charge in [0.1, 0.15) is 5.00 Å². The first-order valence-electron chi connectivity index (χ1n) is 7.52. The van der Waals surface area contributed by atoms with E-state index in [1.54, 1.807) is 47.8 Å². The third-order valence-corrected chi connectivity index (χ3v) is 5.80. The minimum absolute atomic E-state index is 0.208. The lowest BCUT2D eigenvalue weighted by atomic mass is 10.1. The Balaban J connectivity index is 1.71. The van der Waals surface area contributed by atoms with E-state index >= 15 is 0 Å². The Morgan fingerprint density at radius 1 is 0.760 bits per heavy atom. The van der Waals surface area contributed by atoms with Crippen molar-refractivity contribution >= 4 is 45.5 Å². The molecule has 0 unspecified atom stereocenters. The van der Waals surface area contributed by atoms with Crippen molar-refractivity contribution in [2.75, 3.05) is 4.90 Å². The molecule has 0 fully saturated rings. The van der Waals surface area contributed by atoms with Crippen LogP contribution in [0.15, 0.2) is 47.8 Å². The maximum atomic E-state index is 12.9. The molecule has 2 amide bonds. The van der Waals surface area contributed by atoms with Crippen LogP contribution in [-0.4, -0.2) is 17.6 Å². The largest absolute Gasteiger partial charge is 0.288 e. The summed E-state index contributed by atoms with van der Waals surface area (Å²) in [6, 6.07) is 11.8. The van der Waals surface area contributed by atoms with E-state index in [4.69, 9.17) is 11.6 Å². The fourth-order valence-electron chi connectivity index (χ4n) is 3.41. The van der Waals surface area contributed by atoms with E-state index in [2.05, 4.69) is 0 Å². The molecule has 2 aliphatic rings. The first-order chi connectivity index (χ1) is 12.1. The maximum Gasteiger partial charge on any atom is 0.266 e. The van der Waals surface area contributed by atoms with Gasteiger partial charge >= 0.3 is 0 Å². The Morgan fingerprint density at radius 2 is 1.40 bits per heavy atom. The summed E-state index contributed by atoms with van der Waals surface area (Å²) in [7, 11) is 0. The highest BCUT2D eigenvalue weighted by atomic mass is 35.5. The van der Waals surface area contributed by atoms with Gasteiger partial charge in [-0.3, -0.25) is 14.4 Å². The van der Waals surface area contributed by atoms with Crippen molar-refractivity contribution in [1.82, 2.24) is 0 Å². The van der Waals surface area contributed by atoms with Crippen LogP contribution >= 0.6 is 22.9 Å². The van der Waals surface area contributed by atoms with Gasteiger partial charge in [0.25, 0.3) is 11.8 Å². The van der Waals surface area contributed by atoms with Crippen molar-refractivity contribution in [3.05, 3.63) is 75.1 Å². The number of fused-ring (bicyclic) bond motifs is 4. The molecular formula is C19H8ClNO3S. The molecule has 1 aromatic heterocycles. The predicted octanol–water partition coefficient (Wildman–Crippen LogP) is 4.41. The first-order valence-corrected chi connectivity index (χ1v) is 8.78. The summed E-state index contributed by atoms with van der Waals surface area (Å²) in [5.41, 5.74) is 2.95. The van der Waals surface area contributed by atoms with Gasteiger partial charge in [-0.15, -0.1) is 11.3 Å². The summed E-state index contributed by atoms with van der Waals surface area (Å²) in [5.74, 6) is -1.01. The number of carbonyl (C=O) groups excluding carboxylic acids is 3. The number of amides is 2. The standard InChI is InChI=1S/C19H8ClNO3S/c20-13-7-3-6-11-14(13)12-8-25-19(15(12)16(11)22)21-17(23)9-4-1-2-5-10(9)18(21)24/h1-8H. The zero-order chi connectivity index (χ0) is 17.3. The third-order valence-electron chi connectivity index (χ3n) is 4.52. The highest BCUT2D eigenvalue weighted by Gasteiger charge is 2.42. The lowest BCUT2D eigenvalue weighted by molar-refractivity contribution is 0.0927. The normalized spacial score (nSPS) is 14.8. The maximum absolute atomic E-state index is 12.9. The van der Waals surface area contributed by atoms with Crippen LogP contribution in [0.25, 0.3) is 11.1 Å². The fraction of sp³-hybridized carbons (Fsp3) is 0. The highest BCUT2D eigenvalue weighted by molar-refractivity contribution is 7.15. The van der Waals surface area contributed by atoms with E-state index in [9.17, 15) is 14.4 Å². The van der Waals surface area contributed by atoms with Gasteiger partial charge in [0, 0.05) is 27.1 Å². The summed E-state index contributed by atoms with van der Waals surface area (Å²) < 4.78 is 0. The molecule has 120 valence electrons. The topological polar surface area (TPSA) is 54.5 Å². The predicted molar refractivity (Wildman–Crippen MR) is 95.8 cm³/mol. The quantitative estimate of drug-likeness (QED) is 0.469. The van der Waals surface area contributed by atoms with E-state index in [0.717, 1.165) is 4.90 Å². The van der Waals surface area contributed by atoms with Crippen LogP contribution in [0.1, 0.15) is 36.6 Å². The number of thiophene rings is 1. The fourth-order valence-corrected chi connectivity index (χ4v) is 4.74. The monoisotopic (exact) mass is 365 g/mol. The average Bonchev–Trinajstić information content (AvgIpc) is 3.23. The Morgan fingerprint density at radius 3 is 2.08 bits per heavy atom. The number of hydrogen-bond donors (Lipinski definition) is 0. The highest BCUT2D eigenvalue weighted by Crippen LogP contribution is 2.49. The Bertz CT molecular complexity index is 1100. The van der Waals surface area contributed by atoms with Gasteiger partial charge < -0.3 is 0 Å². The van der Waals surface area contributed by atoms with Gasteiger partial charge in [-0.2, -0.15) is 0 Å². The van der Waals surface area contributed by atoms with Gasteiger partial charge in [-0.1, -0.05) is 35.9 Å². The first kappa shape index (κ1) is 14.6. The molecule has 2 aromatic carbocycles. The van der Waals surface area contributed by atoms with Crippen LogP contribution in [-0.2, 0) is 0 Å². The summed E-state index contributed by atoms with van der Waals surface area (Å²) in [5, 5.41) is 2.62. The van der Waals surface area contributed by atoms with Crippen LogP contribution < -0.4 is 4.90 Å². The van der Waals surface area contributed by atoms with E-state index in [1.807, 2.05) is 0 Å². The molecule has 2 heterocycles. The number of halogens is 1. The molecule has 1 aliphatic heterocycles. The Kier molecular flexibility index (Phi) is 2.84. The molecule has 0 N–H and O–H groups in total. The van der Waals surface area contributed by atoms with Gasteiger partial charge in [-0.25, -0.2) is 4.90 Å². The van der Waals surface area contributed by atoms with E-state index in [0.29, 0.717) is 43.4 Å². The zero-order valence-corrected chi connectivity index (χ0v) is 14.1. The molecular weight excluding hydrogens is 358 g/mol. The summed E-state index contributed by atoms with van der Waals surface area (Å²) in [6.07, 6.45) is 0. The molecule has 5 rings (SSSR count). The van der Waals surface area contributed by atoms with E-state index in [1.165, 1.54) is 11.3 Å². The van der Waals surface area contributed by atoms with E-state index < -0.39 is 11.8 Å². The lowest BCUT2D eigenvalue weighted by Crippen LogP contribution is -2.29. The van der Waals surface area contributed by atoms with Crippen LogP contribution in [0.5, 0.6) is 0 Å². The summed E-state index contributed by atoms with van der Waals surface area (Å²) in [6.45, 7) is 0. The number of carbonyl (C=O) groups is 3. The second kappa shape index (κ2) is 4.88. The zero-order valence-electron chi connectivity index (χ0n) is 12.6. The van der Waals surface area contributed by atoms with Gasteiger partial charge in [0.2, 0.25) is 0 Å².